The van der Waals surface area contributed by atoms with E-state index in [1.54, 1.807) is 20.2 Å². The summed E-state index contributed by atoms with van der Waals surface area (Å²) in [6.45, 7) is 1.44. The van der Waals surface area contributed by atoms with E-state index in [0.29, 0.717) is 12.3 Å². The second-order valence-electron chi connectivity index (χ2n) is 5.90. The second kappa shape index (κ2) is 7.40. The Labute approximate surface area is 146 Å². The summed E-state index contributed by atoms with van der Waals surface area (Å²) in [5.41, 5.74) is 1.90. The number of carbonyl (C=O) groups excluding carboxylic acids is 1. The van der Waals surface area contributed by atoms with Crippen molar-refractivity contribution in [2.24, 2.45) is 0 Å². The number of benzene rings is 1. The number of fused-ring (bicyclic) bond motifs is 1. The first-order valence-corrected chi connectivity index (χ1v) is 8.11. The van der Waals surface area contributed by atoms with Crippen LogP contribution in [-0.4, -0.2) is 48.5 Å². The van der Waals surface area contributed by atoms with Gasteiger partial charge in [0.15, 0.2) is 5.76 Å². The lowest BCUT2D eigenvalue weighted by Gasteiger charge is -2.13. The largest absolute Gasteiger partial charge is 0.497 e. The number of ether oxygens (including phenoxy) is 1. The van der Waals surface area contributed by atoms with Gasteiger partial charge in [-0.2, -0.15) is 0 Å². The quantitative estimate of drug-likeness (QED) is 0.688. The zero-order chi connectivity index (χ0) is 17.8. The number of carbonyl (C=O) groups is 1. The fourth-order valence-electron chi connectivity index (χ4n) is 2.64. The van der Waals surface area contributed by atoms with Crippen molar-refractivity contribution in [2.45, 2.75) is 13.0 Å². The maximum atomic E-state index is 11.5. The predicted octanol–water partition coefficient (Wildman–Crippen LogP) is 2.20. The third-order valence-electron chi connectivity index (χ3n) is 4.01. The highest BCUT2D eigenvalue weighted by atomic mass is 16.5. The number of nitrogens with one attached hydrogen (secondary N) is 2. The first-order chi connectivity index (χ1) is 12.1. The molecule has 0 radical (unpaired) electrons. The number of furan rings is 1. The molecule has 0 aliphatic rings. The van der Waals surface area contributed by atoms with E-state index >= 15 is 0 Å². The Kier molecular flexibility index (Phi) is 5.04. The molecule has 2 heterocycles. The molecule has 1 aromatic carbocycles. The zero-order valence-electron chi connectivity index (χ0n) is 14.6. The van der Waals surface area contributed by atoms with Crippen LogP contribution in [0.25, 0.3) is 11.0 Å². The lowest BCUT2D eigenvalue weighted by Crippen LogP contribution is -2.21. The Morgan fingerprint density at radius 2 is 2.20 bits per heavy atom. The summed E-state index contributed by atoms with van der Waals surface area (Å²) in [7, 11) is 5.24. The van der Waals surface area contributed by atoms with Gasteiger partial charge in [-0.15, -0.1) is 0 Å². The SMILES string of the molecule is CNC(=O)c1ccc(CN(C)CCc2nc3ccc(OC)cc3[nH]2)o1. The van der Waals surface area contributed by atoms with Crippen molar-refractivity contribution in [3.05, 3.63) is 47.7 Å². The van der Waals surface area contributed by atoms with Crippen molar-refractivity contribution in [3.63, 3.8) is 0 Å². The van der Waals surface area contributed by atoms with Crippen molar-refractivity contribution in [3.8, 4) is 5.75 Å². The first-order valence-electron chi connectivity index (χ1n) is 8.11. The number of H-pyrrole nitrogens is 1. The van der Waals surface area contributed by atoms with Gasteiger partial charge in [-0.1, -0.05) is 0 Å². The lowest BCUT2D eigenvalue weighted by atomic mass is 10.3. The maximum absolute atomic E-state index is 11.5. The molecule has 0 bridgehead atoms. The van der Waals surface area contributed by atoms with Gasteiger partial charge in [0.2, 0.25) is 0 Å². The molecule has 3 rings (SSSR count). The van der Waals surface area contributed by atoms with E-state index in [1.165, 1.54) is 0 Å². The van der Waals surface area contributed by atoms with Gasteiger partial charge in [0.05, 0.1) is 24.7 Å². The molecule has 3 aromatic rings. The Balaban J connectivity index is 1.57. The van der Waals surface area contributed by atoms with E-state index in [4.69, 9.17) is 9.15 Å². The molecule has 0 unspecified atom stereocenters. The molecule has 0 aliphatic heterocycles. The summed E-state index contributed by atoms with van der Waals surface area (Å²) in [6.07, 6.45) is 0.788. The third kappa shape index (κ3) is 4.00. The highest BCUT2D eigenvalue weighted by Crippen LogP contribution is 2.19. The van der Waals surface area contributed by atoms with Gasteiger partial charge >= 0.3 is 0 Å². The fourth-order valence-corrected chi connectivity index (χ4v) is 2.64. The standard InChI is InChI=1S/C18H22N4O3/c1-19-18(23)16-7-5-13(25-16)11-22(2)9-8-17-20-14-6-4-12(24-3)10-15(14)21-17/h4-7,10H,8-9,11H2,1-3H3,(H,19,23)(H,20,21). The Morgan fingerprint density at radius 3 is 2.96 bits per heavy atom. The minimum atomic E-state index is -0.216. The molecule has 0 saturated heterocycles. The predicted molar refractivity (Wildman–Crippen MR) is 94.8 cm³/mol. The molecule has 2 aromatic heterocycles. The number of rotatable bonds is 7. The van der Waals surface area contributed by atoms with Gasteiger partial charge in [-0.25, -0.2) is 4.98 Å². The number of nitrogens with zero attached hydrogens (tertiary/aromatic N) is 2. The smallest absolute Gasteiger partial charge is 0.286 e. The van der Waals surface area contributed by atoms with E-state index in [9.17, 15) is 4.79 Å². The van der Waals surface area contributed by atoms with Gasteiger partial charge in [-0.3, -0.25) is 9.69 Å². The van der Waals surface area contributed by atoms with Gasteiger partial charge in [0.25, 0.3) is 5.91 Å². The highest BCUT2D eigenvalue weighted by Gasteiger charge is 2.11. The summed E-state index contributed by atoms with van der Waals surface area (Å²) in [5, 5.41) is 2.55. The van der Waals surface area contributed by atoms with Crippen LogP contribution in [-0.2, 0) is 13.0 Å². The van der Waals surface area contributed by atoms with E-state index in [0.717, 1.165) is 41.3 Å². The lowest BCUT2D eigenvalue weighted by molar-refractivity contribution is 0.0932. The summed E-state index contributed by atoms with van der Waals surface area (Å²) < 4.78 is 10.8. The minimum Gasteiger partial charge on any atom is -0.497 e. The van der Waals surface area contributed by atoms with Crippen LogP contribution >= 0.6 is 0 Å². The number of methoxy groups -OCH3 is 1. The molecule has 0 atom stereocenters. The number of hydrogen-bond acceptors (Lipinski definition) is 5. The van der Waals surface area contributed by atoms with Gasteiger partial charge in [0.1, 0.15) is 17.3 Å². The van der Waals surface area contributed by atoms with Crippen LogP contribution < -0.4 is 10.1 Å². The topological polar surface area (TPSA) is 83.4 Å². The average molecular weight is 342 g/mol. The number of hydrogen-bond donors (Lipinski definition) is 2. The van der Waals surface area contributed by atoms with Gasteiger partial charge < -0.3 is 19.5 Å². The molecule has 0 fully saturated rings. The minimum absolute atomic E-state index is 0.216. The van der Waals surface area contributed by atoms with Gasteiger partial charge in [-0.05, 0) is 31.3 Å². The molecule has 25 heavy (non-hydrogen) atoms. The fraction of sp³-hybridized carbons (Fsp3) is 0.333. The molecule has 1 amide bonds. The number of aromatic nitrogens is 2. The zero-order valence-corrected chi connectivity index (χ0v) is 14.6. The Bertz CT molecular complexity index is 868. The molecule has 0 saturated carbocycles. The molecule has 132 valence electrons. The van der Waals surface area contributed by atoms with Crippen LogP contribution in [0, 0.1) is 0 Å². The molecule has 7 nitrogen and oxygen atoms in total. The van der Waals surface area contributed by atoms with Crippen molar-refractivity contribution < 1.29 is 13.9 Å². The monoisotopic (exact) mass is 342 g/mol. The van der Waals surface area contributed by atoms with E-state index in [-0.39, 0.29) is 5.91 Å². The Morgan fingerprint density at radius 1 is 1.36 bits per heavy atom. The van der Waals surface area contributed by atoms with Crippen LogP contribution in [0.1, 0.15) is 22.1 Å². The van der Waals surface area contributed by atoms with Crippen LogP contribution in [0.2, 0.25) is 0 Å². The highest BCUT2D eigenvalue weighted by molar-refractivity contribution is 5.91. The third-order valence-corrected chi connectivity index (χ3v) is 4.01. The normalized spacial score (nSPS) is 11.2. The maximum Gasteiger partial charge on any atom is 0.286 e. The molecular formula is C18H22N4O3. The van der Waals surface area contributed by atoms with Crippen molar-refractivity contribution in [1.29, 1.82) is 0 Å². The van der Waals surface area contributed by atoms with E-state index < -0.39 is 0 Å². The molecule has 0 aliphatic carbocycles. The van der Waals surface area contributed by atoms with Crippen molar-refractivity contribution in [2.75, 3.05) is 27.7 Å². The first kappa shape index (κ1) is 17.0. The van der Waals surface area contributed by atoms with Gasteiger partial charge in [0, 0.05) is 26.1 Å². The summed E-state index contributed by atoms with van der Waals surface area (Å²) in [6, 6.07) is 9.31. The molecule has 7 heteroatoms. The van der Waals surface area contributed by atoms with Crippen molar-refractivity contribution >= 4 is 16.9 Å². The van der Waals surface area contributed by atoms with Crippen molar-refractivity contribution in [1.82, 2.24) is 20.2 Å². The van der Waals surface area contributed by atoms with E-state index in [2.05, 4.69) is 20.2 Å². The van der Waals surface area contributed by atoms with Crippen LogP contribution in [0.5, 0.6) is 5.75 Å². The number of amides is 1. The number of aromatic amines is 1. The summed E-state index contributed by atoms with van der Waals surface area (Å²) in [4.78, 5) is 21.6. The van der Waals surface area contributed by atoms with Crippen LogP contribution in [0.4, 0.5) is 0 Å². The summed E-state index contributed by atoms with van der Waals surface area (Å²) >= 11 is 0. The van der Waals surface area contributed by atoms with E-state index in [1.807, 2.05) is 31.3 Å². The molecule has 2 N–H and O–H groups in total. The Hall–Kier alpha value is -2.80. The average Bonchev–Trinajstić information content (AvgIpc) is 3.24. The molecular weight excluding hydrogens is 320 g/mol. The molecule has 0 spiro atoms. The summed E-state index contributed by atoms with van der Waals surface area (Å²) in [5.74, 6) is 2.62. The second-order valence-corrected chi connectivity index (χ2v) is 5.90. The number of likely N-dealkylation sites (N-methyl/N-ethyl adjacent to an activating group) is 1. The van der Waals surface area contributed by atoms with Crippen LogP contribution in [0.15, 0.2) is 34.7 Å². The number of imidazole rings is 1. The van der Waals surface area contributed by atoms with Crippen LogP contribution in [0.3, 0.4) is 0 Å².